The fourth-order valence-electron chi connectivity index (χ4n) is 2.98. The van der Waals surface area contributed by atoms with Crippen molar-refractivity contribution in [2.75, 3.05) is 6.61 Å². The van der Waals surface area contributed by atoms with Gasteiger partial charge in [-0.25, -0.2) is 4.79 Å². The normalized spacial score (nSPS) is 30.4. The third-order valence-electron chi connectivity index (χ3n) is 4.11. The first-order chi connectivity index (χ1) is 11.7. The first-order valence-electron chi connectivity index (χ1n) is 8.17. The molecule has 2 saturated heterocycles. The third kappa shape index (κ3) is 3.53. The van der Waals surface area contributed by atoms with E-state index in [-0.39, 0.29) is 18.5 Å². The second-order valence-electron chi connectivity index (χ2n) is 6.93. The number of hydrogen-bond acceptors (Lipinski definition) is 7. The predicted molar refractivity (Wildman–Crippen MR) is 84.9 cm³/mol. The molecule has 138 valence electrons. The lowest BCUT2D eigenvalue weighted by molar-refractivity contribution is -0.203. The molecule has 3 rings (SSSR count). The molecule has 0 saturated carbocycles. The van der Waals surface area contributed by atoms with E-state index in [2.05, 4.69) is 4.98 Å². The van der Waals surface area contributed by atoms with Crippen LogP contribution in [0.3, 0.4) is 0 Å². The molecule has 1 unspecified atom stereocenters. The van der Waals surface area contributed by atoms with Gasteiger partial charge in [-0.15, -0.1) is 0 Å². The number of nitrogens with zero attached hydrogens (tertiary/aromatic N) is 1. The average molecular weight is 354 g/mol. The lowest BCUT2D eigenvalue weighted by Crippen LogP contribution is -2.37. The van der Waals surface area contributed by atoms with E-state index in [9.17, 15) is 14.4 Å². The van der Waals surface area contributed by atoms with Crippen molar-refractivity contribution < 1.29 is 23.7 Å². The monoisotopic (exact) mass is 354 g/mol. The molecular weight excluding hydrogens is 332 g/mol. The minimum Gasteiger partial charge on any atom is -0.463 e. The van der Waals surface area contributed by atoms with Crippen LogP contribution in [0.4, 0.5) is 0 Å². The van der Waals surface area contributed by atoms with E-state index >= 15 is 0 Å². The van der Waals surface area contributed by atoms with E-state index in [1.165, 1.54) is 16.8 Å². The molecule has 25 heavy (non-hydrogen) atoms. The smallest absolute Gasteiger partial charge is 0.330 e. The summed E-state index contributed by atoms with van der Waals surface area (Å²) in [7, 11) is 0. The molecule has 3 heterocycles. The van der Waals surface area contributed by atoms with Gasteiger partial charge in [-0.1, -0.05) is 13.8 Å². The maximum Gasteiger partial charge on any atom is 0.330 e. The van der Waals surface area contributed by atoms with Crippen LogP contribution in [-0.4, -0.2) is 46.2 Å². The van der Waals surface area contributed by atoms with Gasteiger partial charge in [-0.3, -0.25) is 19.1 Å². The van der Waals surface area contributed by atoms with Gasteiger partial charge in [-0.2, -0.15) is 0 Å². The molecule has 1 aromatic rings. The Morgan fingerprint density at radius 3 is 2.64 bits per heavy atom. The zero-order chi connectivity index (χ0) is 18.4. The summed E-state index contributed by atoms with van der Waals surface area (Å²) in [6.07, 6.45) is -1.10. The summed E-state index contributed by atoms with van der Waals surface area (Å²) >= 11 is 0. The van der Waals surface area contributed by atoms with Crippen LogP contribution in [0.1, 0.15) is 33.9 Å². The third-order valence-corrected chi connectivity index (χ3v) is 4.11. The summed E-state index contributed by atoms with van der Waals surface area (Å²) in [4.78, 5) is 37.3. The van der Waals surface area contributed by atoms with E-state index in [0.717, 1.165) is 0 Å². The molecule has 4 atom stereocenters. The van der Waals surface area contributed by atoms with Crippen molar-refractivity contribution >= 4 is 5.97 Å². The van der Waals surface area contributed by atoms with Gasteiger partial charge < -0.3 is 18.9 Å². The van der Waals surface area contributed by atoms with Crippen molar-refractivity contribution in [2.45, 2.75) is 58.0 Å². The molecule has 9 nitrogen and oxygen atoms in total. The number of aromatic amines is 1. The molecular formula is C16H22N2O7. The molecule has 0 spiro atoms. The van der Waals surface area contributed by atoms with Gasteiger partial charge in [0.25, 0.3) is 5.56 Å². The summed E-state index contributed by atoms with van der Waals surface area (Å²) in [6.45, 7) is 6.99. The molecule has 9 heteroatoms. The molecule has 2 fully saturated rings. The maximum absolute atomic E-state index is 12.1. The average Bonchev–Trinajstić information content (AvgIpc) is 2.98. The number of esters is 1. The van der Waals surface area contributed by atoms with E-state index in [0.29, 0.717) is 0 Å². The number of ether oxygens (including phenoxy) is 4. The number of aromatic nitrogens is 2. The van der Waals surface area contributed by atoms with E-state index < -0.39 is 41.6 Å². The Morgan fingerprint density at radius 2 is 2.00 bits per heavy atom. The van der Waals surface area contributed by atoms with Gasteiger partial charge in [0.2, 0.25) is 0 Å². The van der Waals surface area contributed by atoms with E-state index in [4.69, 9.17) is 18.9 Å². The summed E-state index contributed by atoms with van der Waals surface area (Å²) in [6, 6.07) is 1.23. The summed E-state index contributed by atoms with van der Waals surface area (Å²) in [5, 5.41) is 0. The van der Waals surface area contributed by atoms with Gasteiger partial charge in [0.1, 0.15) is 24.9 Å². The fourth-order valence-corrected chi connectivity index (χ4v) is 2.98. The van der Waals surface area contributed by atoms with Crippen LogP contribution >= 0.6 is 0 Å². The molecule has 0 radical (unpaired) electrons. The summed E-state index contributed by atoms with van der Waals surface area (Å²) in [5.41, 5.74) is -1.11. The Balaban J connectivity index is 1.84. The maximum atomic E-state index is 12.1. The molecule has 0 bridgehead atoms. The molecule has 1 aromatic heterocycles. The predicted octanol–water partition coefficient (Wildman–Crippen LogP) is 0.153. The fraction of sp³-hybridized carbons (Fsp3) is 0.688. The highest BCUT2D eigenvalue weighted by Crippen LogP contribution is 2.42. The quantitative estimate of drug-likeness (QED) is 0.767. The lowest BCUT2D eigenvalue weighted by Gasteiger charge is -2.24. The van der Waals surface area contributed by atoms with Crippen molar-refractivity contribution in [1.29, 1.82) is 0 Å². The molecule has 1 N–H and O–H groups in total. The van der Waals surface area contributed by atoms with Gasteiger partial charge in [-0.05, 0) is 13.8 Å². The van der Waals surface area contributed by atoms with Gasteiger partial charge in [0.15, 0.2) is 12.0 Å². The zero-order valence-corrected chi connectivity index (χ0v) is 14.6. The van der Waals surface area contributed by atoms with Crippen LogP contribution in [0.5, 0.6) is 0 Å². The molecule has 0 amide bonds. The first kappa shape index (κ1) is 17.8. The SMILES string of the molecule is CC(C)C(=O)OC[C@H]1O[C@@H](n2ccc(=O)[nH]c2=O)[C@H]2OC(C)(C)OC12. The van der Waals surface area contributed by atoms with Gasteiger partial charge in [0.05, 0.1) is 5.92 Å². The van der Waals surface area contributed by atoms with Crippen LogP contribution in [-0.2, 0) is 23.7 Å². The number of nitrogens with one attached hydrogen (secondary N) is 1. The molecule has 2 aliphatic rings. The number of hydrogen-bond donors (Lipinski definition) is 1. The lowest BCUT2D eigenvalue weighted by atomic mass is 10.1. The highest BCUT2D eigenvalue weighted by Gasteiger charge is 2.56. The van der Waals surface area contributed by atoms with Crippen LogP contribution in [0.15, 0.2) is 21.9 Å². The standard InChI is InChI=1S/C16H22N2O7/c1-8(2)14(20)22-7-9-11-12(25-16(3,4)24-11)13(23-9)18-6-5-10(19)17-15(18)21/h5-6,8-9,11-13H,7H2,1-4H3,(H,17,19,21)/t9-,11?,12+,13-/m1/s1. The van der Waals surface area contributed by atoms with E-state index in [1.807, 2.05) is 0 Å². The number of carbonyl (C=O) groups excluding carboxylic acids is 1. The van der Waals surface area contributed by atoms with Crippen molar-refractivity contribution in [3.63, 3.8) is 0 Å². The Bertz CT molecular complexity index is 766. The summed E-state index contributed by atoms with van der Waals surface area (Å²) < 4.78 is 24.1. The van der Waals surface area contributed by atoms with Crippen LogP contribution < -0.4 is 11.2 Å². The largest absolute Gasteiger partial charge is 0.463 e. The van der Waals surface area contributed by atoms with Crippen molar-refractivity contribution in [2.24, 2.45) is 5.92 Å². The molecule has 0 aromatic carbocycles. The first-order valence-corrected chi connectivity index (χ1v) is 8.17. The van der Waals surface area contributed by atoms with Gasteiger partial charge in [0, 0.05) is 12.3 Å². The second-order valence-corrected chi connectivity index (χ2v) is 6.93. The minimum absolute atomic E-state index is 0.00771. The molecule has 0 aliphatic carbocycles. The minimum atomic E-state index is -0.858. The summed E-state index contributed by atoms with van der Waals surface area (Å²) in [5.74, 6) is -1.46. The van der Waals surface area contributed by atoms with Crippen molar-refractivity contribution in [1.82, 2.24) is 9.55 Å². The Labute approximate surface area is 143 Å². The number of fused-ring (bicyclic) bond motifs is 1. The van der Waals surface area contributed by atoms with E-state index in [1.54, 1.807) is 27.7 Å². The van der Waals surface area contributed by atoms with Gasteiger partial charge >= 0.3 is 11.7 Å². The van der Waals surface area contributed by atoms with Crippen molar-refractivity contribution in [3.8, 4) is 0 Å². The van der Waals surface area contributed by atoms with Crippen LogP contribution in [0, 0.1) is 5.92 Å². The Hall–Kier alpha value is -1.97. The number of H-pyrrole nitrogens is 1. The second kappa shape index (κ2) is 6.40. The zero-order valence-electron chi connectivity index (χ0n) is 14.6. The number of rotatable bonds is 4. The molecule has 2 aliphatic heterocycles. The van der Waals surface area contributed by atoms with Crippen molar-refractivity contribution in [3.05, 3.63) is 33.1 Å². The number of carbonyl (C=O) groups is 1. The topological polar surface area (TPSA) is 109 Å². The Morgan fingerprint density at radius 1 is 1.32 bits per heavy atom. The Kier molecular flexibility index (Phi) is 4.56. The highest BCUT2D eigenvalue weighted by atomic mass is 16.8. The highest BCUT2D eigenvalue weighted by molar-refractivity contribution is 5.71. The van der Waals surface area contributed by atoms with Crippen LogP contribution in [0.25, 0.3) is 0 Å². The van der Waals surface area contributed by atoms with Crippen LogP contribution in [0.2, 0.25) is 0 Å².